The van der Waals surface area contributed by atoms with Gasteiger partial charge in [0.05, 0.1) is 12.3 Å². The summed E-state index contributed by atoms with van der Waals surface area (Å²) < 4.78 is 5.12. The summed E-state index contributed by atoms with van der Waals surface area (Å²) in [7, 11) is 1.74. The van der Waals surface area contributed by atoms with Crippen LogP contribution in [0.25, 0.3) is 11.3 Å². The van der Waals surface area contributed by atoms with Gasteiger partial charge in [-0.05, 0) is 62.3 Å². The number of benzene rings is 1. The van der Waals surface area contributed by atoms with Gasteiger partial charge in [-0.15, -0.1) is 0 Å². The highest BCUT2D eigenvalue weighted by molar-refractivity contribution is 5.97. The topological polar surface area (TPSA) is 88.2 Å². The lowest BCUT2D eigenvalue weighted by atomic mass is 9.91. The van der Waals surface area contributed by atoms with Crippen LogP contribution in [-0.4, -0.2) is 54.8 Å². The zero-order chi connectivity index (χ0) is 20.9. The van der Waals surface area contributed by atoms with Crippen molar-refractivity contribution in [3.05, 3.63) is 41.1 Å². The van der Waals surface area contributed by atoms with Gasteiger partial charge >= 0.3 is 0 Å². The van der Waals surface area contributed by atoms with Crippen molar-refractivity contribution in [2.45, 2.75) is 51.1 Å². The molecular formula is C23H31N5O2. The second kappa shape index (κ2) is 9.53. The first-order chi connectivity index (χ1) is 14.6. The first-order valence-corrected chi connectivity index (χ1v) is 10.9. The van der Waals surface area contributed by atoms with Crippen molar-refractivity contribution >= 4 is 11.9 Å². The van der Waals surface area contributed by atoms with E-state index >= 15 is 0 Å². The van der Waals surface area contributed by atoms with Gasteiger partial charge in [-0.25, -0.2) is 9.97 Å². The molecule has 0 bridgehead atoms. The summed E-state index contributed by atoms with van der Waals surface area (Å²) in [6, 6.07) is 6.96. The molecule has 0 unspecified atom stereocenters. The maximum Gasteiger partial charge on any atom is 0.251 e. The van der Waals surface area contributed by atoms with Crippen LogP contribution in [0.5, 0.6) is 0 Å². The number of fused-ring (bicyclic) bond motifs is 1. The van der Waals surface area contributed by atoms with Crippen molar-refractivity contribution in [3.63, 3.8) is 0 Å². The first-order valence-electron chi connectivity index (χ1n) is 10.9. The summed E-state index contributed by atoms with van der Waals surface area (Å²) >= 11 is 0. The zero-order valence-corrected chi connectivity index (χ0v) is 17.8. The van der Waals surface area contributed by atoms with Crippen LogP contribution in [0.3, 0.4) is 0 Å². The van der Waals surface area contributed by atoms with Crippen LogP contribution in [0.15, 0.2) is 24.4 Å². The minimum Gasteiger partial charge on any atom is -0.383 e. The summed E-state index contributed by atoms with van der Waals surface area (Å²) in [6.07, 6.45) is 7.23. The number of hydrogen-bond donors (Lipinski definition) is 3. The van der Waals surface area contributed by atoms with E-state index in [4.69, 9.17) is 9.72 Å². The van der Waals surface area contributed by atoms with E-state index in [0.29, 0.717) is 24.6 Å². The second-order valence-corrected chi connectivity index (χ2v) is 8.24. The molecule has 4 rings (SSSR count). The lowest BCUT2D eigenvalue weighted by Gasteiger charge is -2.29. The standard InChI is InChI=1S/C23H31N5O2/c1-15-14-26-23(27-19-6-4-18(5-7-19)24-11-12-30-2)28-21(15)17-3-8-20-16(13-17)9-10-25-22(20)29/h3,8,13-14,18-19,24H,4-7,9-12H2,1-2H3,(H,25,29)(H,26,27,28)/t18-,19-. The Labute approximate surface area is 178 Å². The number of carbonyl (C=O) groups is 1. The average Bonchev–Trinajstić information content (AvgIpc) is 2.76. The number of methoxy groups -OCH3 is 1. The molecule has 160 valence electrons. The van der Waals surface area contributed by atoms with E-state index in [2.05, 4.69) is 27.0 Å². The molecule has 1 aromatic carbocycles. The molecule has 0 radical (unpaired) electrons. The quantitative estimate of drug-likeness (QED) is 0.610. The summed E-state index contributed by atoms with van der Waals surface area (Å²) in [5.74, 6) is 0.693. The number of hydrogen-bond acceptors (Lipinski definition) is 6. The van der Waals surface area contributed by atoms with Crippen LogP contribution in [-0.2, 0) is 11.2 Å². The van der Waals surface area contributed by atoms with Gasteiger partial charge in [0, 0.05) is 49.6 Å². The van der Waals surface area contributed by atoms with Gasteiger partial charge in [0.25, 0.3) is 5.91 Å². The molecule has 2 aromatic rings. The molecule has 0 spiro atoms. The van der Waals surface area contributed by atoms with E-state index in [1.165, 1.54) is 0 Å². The second-order valence-electron chi connectivity index (χ2n) is 8.24. The van der Waals surface area contributed by atoms with E-state index < -0.39 is 0 Å². The Morgan fingerprint density at radius 1 is 1.20 bits per heavy atom. The first kappa shape index (κ1) is 20.8. The largest absolute Gasteiger partial charge is 0.383 e. The molecule has 30 heavy (non-hydrogen) atoms. The number of nitrogens with one attached hydrogen (secondary N) is 3. The SMILES string of the molecule is COCCN[C@H]1CC[C@H](Nc2ncc(C)c(-c3ccc4c(c3)CCNC4=O)n2)CC1. The molecule has 1 aliphatic carbocycles. The predicted molar refractivity (Wildman–Crippen MR) is 118 cm³/mol. The van der Waals surface area contributed by atoms with E-state index in [9.17, 15) is 4.79 Å². The van der Waals surface area contributed by atoms with Gasteiger partial charge in [-0.2, -0.15) is 0 Å². The van der Waals surface area contributed by atoms with Crippen molar-refractivity contribution in [1.29, 1.82) is 0 Å². The summed E-state index contributed by atoms with van der Waals surface area (Å²) in [4.78, 5) is 21.4. The third-order valence-corrected chi connectivity index (χ3v) is 6.07. The lowest BCUT2D eigenvalue weighted by molar-refractivity contribution is 0.0946. The zero-order valence-electron chi connectivity index (χ0n) is 17.8. The number of anilines is 1. The molecular weight excluding hydrogens is 378 g/mol. The molecule has 2 aliphatic rings. The monoisotopic (exact) mass is 409 g/mol. The van der Waals surface area contributed by atoms with Gasteiger partial charge < -0.3 is 20.7 Å². The average molecular weight is 410 g/mol. The van der Waals surface area contributed by atoms with Crippen molar-refractivity contribution in [2.24, 2.45) is 0 Å². The van der Waals surface area contributed by atoms with Gasteiger partial charge in [-0.1, -0.05) is 6.07 Å². The summed E-state index contributed by atoms with van der Waals surface area (Å²) in [5, 5.41) is 9.99. The Morgan fingerprint density at radius 3 is 2.80 bits per heavy atom. The number of carbonyl (C=O) groups excluding carboxylic acids is 1. The fourth-order valence-corrected chi connectivity index (χ4v) is 4.37. The van der Waals surface area contributed by atoms with Crippen LogP contribution < -0.4 is 16.0 Å². The maximum absolute atomic E-state index is 12.0. The molecule has 7 heteroatoms. The van der Waals surface area contributed by atoms with Crippen molar-refractivity contribution in [3.8, 4) is 11.3 Å². The lowest BCUT2D eigenvalue weighted by Crippen LogP contribution is -2.38. The third-order valence-electron chi connectivity index (χ3n) is 6.07. The third kappa shape index (κ3) is 4.79. The highest BCUT2D eigenvalue weighted by Gasteiger charge is 2.22. The van der Waals surface area contributed by atoms with Crippen LogP contribution in [0.2, 0.25) is 0 Å². The fourth-order valence-electron chi connectivity index (χ4n) is 4.37. The van der Waals surface area contributed by atoms with E-state index in [1.807, 2.05) is 25.3 Å². The van der Waals surface area contributed by atoms with Crippen LogP contribution in [0.4, 0.5) is 5.95 Å². The number of aryl methyl sites for hydroxylation is 1. The highest BCUT2D eigenvalue weighted by Crippen LogP contribution is 2.27. The Hall–Kier alpha value is -2.51. The molecule has 1 aromatic heterocycles. The molecule has 0 atom stereocenters. The molecule has 2 heterocycles. The highest BCUT2D eigenvalue weighted by atomic mass is 16.5. The Bertz CT molecular complexity index is 893. The van der Waals surface area contributed by atoms with E-state index in [0.717, 1.165) is 73.2 Å². The van der Waals surface area contributed by atoms with E-state index in [-0.39, 0.29) is 5.91 Å². The molecule has 0 saturated heterocycles. The Kier molecular flexibility index (Phi) is 6.59. The number of amides is 1. The number of aromatic nitrogens is 2. The normalized spacial score (nSPS) is 21.1. The predicted octanol–water partition coefficient (Wildman–Crippen LogP) is 2.70. The number of nitrogens with zero attached hydrogens (tertiary/aromatic N) is 2. The minimum atomic E-state index is 0.0110. The molecule has 1 amide bonds. The van der Waals surface area contributed by atoms with Gasteiger partial charge in [0.2, 0.25) is 5.95 Å². The Morgan fingerprint density at radius 2 is 2.00 bits per heavy atom. The fraction of sp³-hybridized carbons (Fsp3) is 0.522. The van der Waals surface area contributed by atoms with Gasteiger partial charge in [0.1, 0.15) is 0 Å². The minimum absolute atomic E-state index is 0.0110. The van der Waals surface area contributed by atoms with Gasteiger partial charge in [-0.3, -0.25) is 4.79 Å². The molecule has 1 saturated carbocycles. The summed E-state index contributed by atoms with van der Waals surface area (Å²) in [6.45, 7) is 4.38. The van der Waals surface area contributed by atoms with E-state index in [1.54, 1.807) is 7.11 Å². The maximum atomic E-state index is 12.0. The van der Waals surface area contributed by atoms with Crippen molar-refractivity contribution in [2.75, 3.05) is 32.1 Å². The Balaban J connectivity index is 1.42. The molecule has 3 N–H and O–H groups in total. The molecule has 1 aliphatic heterocycles. The summed E-state index contributed by atoms with van der Waals surface area (Å²) in [5.41, 5.74) is 4.86. The molecule has 1 fully saturated rings. The van der Waals surface area contributed by atoms with Crippen LogP contribution in [0.1, 0.15) is 47.2 Å². The number of rotatable bonds is 7. The molecule has 7 nitrogen and oxygen atoms in total. The smallest absolute Gasteiger partial charge is 0.251 e. The van der Waals surface area contributed by atoms with Crippen LogP contribution >= 0.6 is 0 Å². The van der Waals surface area contributed by atoms with Crippen LogP contribution in [0, 0.1) is 6.92 Å². The van der Waals surface area contributed by atoms with Gasteiger partial charge in [0.15, 0.2) is 0 Å². The van der Waals surface area contributed by atoms with Crippen molar-refractivity contribution in [1.82, 2.24) is 20.6 Å². The van der Waals surface area contributed by atoms with Crippen molar-refractivity contribution < 1.29 is 9.53 Å². The number of ether oxygens (including phenoxy) is 1.